The van der Waals surface area contributed by atoms with Crippen molar-refractivity contribution in [2.45, 2.75) is 32.7 Å². The predicted octanol–water partition coefficient (Wildman–Crippen LogP) is 5.53. The van der Waals surface area contributed by atoms with Gasteiger partial charge in [0.15, 0.2) is 0 Å². The van der Waals surface area contributed by atoms with E-state index in [1.54, 1.807) is 18.3 Å². The number of rotatable bonds is 11. The zero-order chi connectivity index (χ0) is 26.1. The van der Waals surface area contributed by atoms with Gasteiger partial charge in [-0.25, -0.2) is 22.9 Å². The Hall–Kier alpha value is -3.37. The lowest BCUT2D eigenvalue weighted by molar-refractivity contribution is -0.132. The monoisotopic (exact) mass is 538 g/mol. The molecule has 0 radical (unpaired) electrons. The first-order chi connectivity index (χ1) is 17.2. The Balaban J connectivity index is 0.00000481. The van der Waals surface area contributed by atoms with Gasteiger partial charge in [-0.3, -0.25) is 10.1 Å². The number of pyridine rings is 1. The molecule has 3 aromatic rings. The number of nitrogens with one attached hydrogen (secondary N) is 2. The van der Waals surface area contributed by atoms with E-state index in [0.717, 1.165) is 10.8 Å². The van der Waals surface area contributed by atoms with Crippen molar-refractivity contribution >= 4 is 40.2 Å². The molecule has 0 aliphatic heterocycles. The molecule has 1 heterocycles. The molecule has 0 bridgehead atoms. The van der Waals surface area contributed by atoms with E-state index in [2.05, 4.69) is 15.6 Å². The van der Waals surface area contributed by atoms with Crippen LogP contribution >= 0.6 is 11.6 Å². The summed E-state index contributed by atoms with van der Waals surface area (Å²) in [6.45, 7) is -0.863. The average Bonchev–Trinajstić information content (AvgIpc) is 2.86. The highest BCUT2D eigenvalue weighted by atomic mass is 35.5. The van der Waals surface area contributed by atoms with Gasteiger partial charge < -0.3 is 15.0 Å². The Kier molecular flexibility index (Phi) is 11.6. The summed E-state index contributed by atoms with van der Waals surface area (Å²) >= 11 is 5.95. The minimum Gasteiger partial charge on any atom is -0.447 e. The van der Waals surface area contributed by atoms with Crippen LogP contribution in [0.25, 0.3) is 10.8 Å². The minimum atomic E-state index is -2.58. The average molecular weight is 539 g/mol. The lowest BCUT2D eigenvalue weighted by atomic mass is 10.1. The fraction of sp³-hybridized carbons (Fsp3) is 0.346. The number of anilines is 1. The van der Waals surface area contributed by atoms with Crippen molar-refractivity contribution in [2.24, 2.45) is 0 Å². The van der Waals surface area contributed by atoms with Gasteiger partial charge in [-0.2, -0.15) is 0 Å². The summed E-state index contributed by atoms with van der Waals surface area (Å²) in [4.78, 5) is 30.6. The third-order valence-electron chi connectivity index (χ3n) is 5.53. The van der Waals surface area contributed by atoms with Crippen LogP contribution in [0, 0.1) is 5.82 Å². The Morgan fingerprint density at radius 3 is 2.57 bits per heavy atom. The summed E-state index contributed by atoms with van der Waals surface area (Å²) < 4.78 is 44.1. The second kappa shape index (κ2) is 14.4. The van der Waals surface area contributed by atoms with Crippen molar-refractivity contribution in [1.82, 2.24) is 15.2 Å². The predicted molar refractivity (Wildman–Crippen MR) is 139 cm³/mol. The number of ether oxygens (including phenoxy) is 1. The molecule has 0 aliphatic carbocycles. The number of benzene rings is 2. The Morgan fingerprint density at radius 2 is 1.84 bits per heavy atom. The topological polar surface area (TPSA) is 83.6 Å². The van der Waals surface area contributed by atoms with E-state index in [-0.39, 0.29) is 50.2 Å². The largest absolute Gasteiger partial charge is 0.447 e. The number of amides is 2. The third-order valence-corrected chi connectivity index (χ3v) is 5.95. The summed E-state index contributed by atoms with van der Waals surface area (Å²) in [5, 5.41) is 6.82. The van der Waals surface area contributed by atoms with Crippen molar-refractivity contribution < 1.29 is 27.5 Å². The van der Waals surface area contributed by atoms with E-state index in [4.69, 9.17) is 16.3 Å². The standard InChI is InChI=1S/C25H26ClF3N4O3.CH4/c1-33(23(34)10-9-16-7-4-8-20(27)24(16)26)19(13-30-14-21(28)29)15-36-25(35)32-22-11-17-5-2-3-6-18(17)12-31-22;/h2-8,11-12,19,21,30H,9-10,13-15H2,1H3,(H,31,32,35);1H4/t19-;/m0./s1. The van der Waals surface area contributed by atoms with Crippen molar-refractivity contribution in [3.63, 3.8) is 0 Å². The summed E-state index contributed by atoms with van der Waals surface area (Å²) in [6.07, 6.45) is -1.59. The zero-order valence-electron chi connectivity index (χ0n) is 19.5. The number of nitrogens with zero attached hydrogens (tertiary/aromatic N) is 2. The van der Waals surface area contributed by atoms with Gasteiger partial charge in [0.05, 0.1) is 17.6 Å². The molecular formula is C26H30ClF3N4O3. The molecule has 200 valence electrons. The summed E-state index contributed by atoms with van der Waals surface area (Å²) in [7, 11) is 1.48. The SMILES string of the molecule is C.CN(C(=O)CCc1cccc(F)c1Cl)[C@@H](CNCC(F)F)COC(=O)Nc1cc2ccccc2cn1. The van der Waals surface area contributed by atoms with Crippen LogP contribution in [0.2, 0.25) is 5.02 Å². The molecule has 2 N–H and O–H groups in total. The lowest BCUT2D eigenvalue weighted by Crippen LogP contribution is -2.47. The first kappa shape index (κ1) is 29.9. The number of aromatic nitrogens is 1. The number of carbonyl (C=O) groups is 2. The summed E-state index contributed by atoms with van der Waals surface area (Å²) in [5.74, 6) is -0.647. The van der Waals surface area contributed by atoms with E-state index in [0.29, 0.717) is 5.56 Å². The summed E-state index contributed by atoms with van der Waals surface area (Å²) in [6, 6.07) is 12.8. The van der Waals surface area contributed by atoms with E-state index in [1.807, 2.05) is 24.3 Å². The minimum absolute atomic E-state index is 0. The molecule has 2 aromatic carbocycles. The number of fused-ring (bicyclic) bond motifs is 1. The fourth-order valence-corrected chi connectivity index (χ4v) is 3.71. The highest BCUT2D eigenvalue weighted by Crippen LogP contribution is 2.21. The van der Waals surface area contributed by atoms with Crippen LogP contribution in [0.3, 0.4) is 0 Å². The molecule has 11 heteroatoms. The number of aryl methyl sites for hydroxylation is 1. The van der Waals surface area contributed by atoms with Crippen LogP contribution in [0.1, 0.15) is 19.4 Å². The number of hydrogen-bond acceptors (Lipinski definition) is 5. The van der Waals surface area contributed by atoms with Crippen LogP contribution < -0.4 is 10.6 Å². The number of carbonyl (C=O) groups excluding carboxylic acids is 2. The normalized spacial score (nSPS) is 11.6. The van der Waals surface area contributed by atoms with Crippen LogP contribution in [-0.4, -0.2) is 61.1 Å². The van der Waals surface area contributed by atoms with Gasteiger partial charge in [-0.15, -0.1) is 0 Å². The molecule has 7 nitrogen and oxygen atoms in total. The van der Waals surface area contributed by atoms with Gasteiger partial charge in [0.2, 0.25) is 5.91 Å². The van der Waals surface area contributed by atoms with Crippen LogP contribution in [-0.2, 0) is 16.0 Å². The number of alkyl halides is 2. The van der Waals surface area contributed by atoms with E-state index >= 15 is 0 Å². The quantitative estimate of drug-likeness (QED) is 0.335. The summed E-state index contributed by atoms with van der Waals surface area (Å²) in [5.41, 5.74) is 0.476. The highest BCUT2D eigenvalue weighted by Gasteiger charge is 2.22. The van der Waals surface area contributed by atoms with Crippen molar-refractivity contribution in [1.29, 1.82) is 0 Å². The highest BCUT2D eigenvalue weighted by molar-refractivity contribution is 6.31. The molecule has 2 amide bonds. The van der Waals surface area contributed by atoms with E-state index in [9.17, 15) is 22.8 Å². The number of halogens is 4. The first-order valence-electron chi connectivity index (χ1n) is 11.2. The zero-order valence-corrected chi connectivity index (χ0v) is 20.3. The van der Waals surface area contributed by atoms with Gasteiger partial charge in [0.25, 0.3) is 6.43 Å². The smallest absolute Gasteiger partial charge is 0.412 e. The second-order valence-electron chi connectivity index (χ2n) is 8.06. The third kappa shape index (κ3) is 8.91. The van der Waals surface area contributed by atoms with Crippen LogP contribution in [0.4, 0.5) is 23.8 Å². The Bertz CT molecular complexity index is 1200. The Labute approximate surface area is 219 Å². The van der Waals surface area contributed by atoms with Crippen molar-refractivity contribution in [2.75, 3.05) is 32.1 Å². The van der Waals surface area contributed by atoms with Crippen molar-refractivity contribution in [3.05, 3.63) is 71.1 Å². The maximum Gasteiger partial charge on any atom is 0.412 e. The molecule has 0 aliphatic rings. The van der Waals surface area contributed by atoms with Crippen LogP contribution in [0.5, 0.6) is 0 Å². The van der Waals surface area contributed by atoms with Gasteiger partial charge in [0, 0.05) is 31.6 Å². The maximum atomic E-state index is 13.6. The number of hydrogen-bond donors (Lipinski definition) is 2. The number of likely N-dealkylation sites (N-methyl/N-ethyl adjacent to an activating group) is 1. The molecular weight excluding hydrogens is 509 g/mol. The molecule has 0 fully saturated rings. The maximum absolute atomic E-state index is 13.6. The first-order valence-corrected chi connectivity index (χ1v) is 11.6. The van der Waals surface area contributed by atoms with Gasteiger partial charge >= 0.3 is 6.09 Å². The van der Waals surface area contributed by atoms with Crippen molar-refractivity contribution in [3.8, 4) is 0 Å². The van der Waals surface area contributed by atoms with E-state index in [1.165, 1.54) is 24.1 Å². The molecule has 0 saturated carbocycles. The van der Waals surface area contributed by atoms with Gasteiger partial charge in [-0.05, 0) is 29.5 Å². The second-order valence-corrected chi connectivity index (χ2v) is 8.44. The molecule has 0 unspecified atom stereocenters. The van der Waals surface area contributed by atoms with Gasteiger partial charge in [0.1, 0.15) is 18.2 Å². The van der Waals surface area contributed by atoms with Gasteiger partial charge in [-0.1, -0.05) is 55.4 Å². The molecule has 1 aromatic heterocycles. The Morgan fingerprint density at radius 1 is 1.11 bits per heavy atom. The molecule has 3 rings (SSSR count). The molecule has 0 spiro atoms. The molecule has 1 atom stereocenters. The molecule has 37 heavy (non-hydrogen) atoms. The van der Waals surface area contributed by atoms with Crippen LogP contribution in [0.15, 0.2) is 54.7 Å². The lowest BCUT2D eigenvalue weighted by Gasteiger charge is -2.28. The fourth-order valence-electron chi connectivity index (χ4n) is 3.49. The van der Waals surface area contributed by atoms with E-state index < -0.39 is 30.9 Å². The molecule has 0 saturated heterocycles.